The average Bonchev–Trinajstić information content (AvgIpc) is 3.05. The molecular formula is C16H13FN4O2. The number of carbonyl (C=O) groups is 1. The third-order valence-corrected chi connectivity index (χ3v) is 3.09. The Bertz CT molecular complexity index is 805. The SMILES string of the molecule is O=C(CCc1nnc(-c2cccnc2)o1)Nc1ccccc1F. The predicted octanol–water partition coefficient (Wildman–Crippen LogP) is 2.84. The number of amides is 1. The molecule has 0 aliphatic heterocycles. The standard InChI is InChI=1S/C16H13FN4O2/c17-12-5-1-2-6-13(12)19-14(22)7-8-15-20-21-16(23-15)11-4-3-9-18-10-11/h1-6,9-10H,7-8H2,(H,19,22). The maximum atomic E-state index is 13.4. The molecule has 0 bridgehead atoms. The molecule has 0 aliphatic carbocycles. The summed E-state index contributed by atoms with van der Waals surface area (Å²) in [4.78, 5) is 15.8. The summed E-state index contributed by atoms with van der Waals surface area (Å²) in [5.74, 6) is -0.108. The van der Waals surface area contributed by atoms with E-state index < -0.39 is 5.82 Å². The van der Waals surface area contributed by atoms with Crippen molar-refractivity contribution in [3.8, 4) is 11.5 Å². The van der Waals surface area contributed by atoms with Crippen LogP contribution in [0.1, 0.15) is 12.3 Å². The third-order valence-electron chi connectivity index (χ3n) is 3.09. The number of halogens is 1. The molecule has 2 aromatic heterocycles. The van der Waals surface area contributed by atoms with Gasteiger partial charge in [0.05, 0.1) is 11.3 Å². The van der Waals surface area contributed by atoms with E-state index in [9.17, 15) is 9.18 Å². The monoisotopic (exact) mass is 312 g/mol. The molecule has 0 saturated carbocycles. The molecule has 1 N–H and O–H groups in total. The summed E-state index contributed by atoms with van der Waals surface area (Å²) in [5.41, 5.74) is 0.862. The van der Waals surface area contributed by atoms with Crippen molar-refractivity contribution in [2.45, 2.75) is 12.8 Å². The lowest BCUT2D eigenvalue weighted by atomic mass is 10.2. The summed E-state index contributed by atoms with van der Waals surface area (Å²) in [5, 5.41) is 10.3. The van der Waals surface area contributed by atoms with Gasteiger partial charge in [-0.1, -0.05) is 12.1 Å². The summed E-state index contributed by atoms with van der Waals surface area (Å²) >= 11 is 0. The molecule has 6 nitrogen and oxygen atoms in total. The summed E-state index contributed by atoms with van der Waals surface area (Å²) in [7, 11) is 0. The van der Waals surface area contributed by atoms with Crippen LogP contribution in [-0.2, 0) is 11.2 Å². The highest BCUT2D eigenvalue weighted by Crippen LogP contribution is 2.17. The molecule has 0 unspecified atom stereocenters. The van der Waals surface area contributed by atoms with Crippen LogP contribution in [0.3, 0.4) is 0 Å². The fourth-order valence-electron chi connectivity index (χ4n) is 1.96. The smallest absolute Gasteiger partial charge is 0.249 e. The van der Waals surface area contributed by atoms with Gasteiger partial charge in [0, 0.05) is 25.2 Å². The second kappa shape index (κ2) is 6.78. The van der Waals surface area contributed by atoms with E-state index in [0.717, 1.165) is 0 Å². The number of anilines is 1. The third kappa shape index (κ3) is 3.76. The number of hydrogen-bond acceptors (Lipinski definition) is 5. The summed E-state index contributed by atoms with van der Waals surface area (Å²) in [6.45, 7) is 0. The molecule has 0 saturated heterocycles. The number of nitrogens with one attached hydrogen (secondary N) is 1. The Labute approximate surface area is 131 Å². The maximum absolute atomic E-state index is 13.4. The number of hydrogen-bond donors (Lipinski definition) is 1. The number of pyridine rings is 1. The lowest BCUT2D eigenvalue weighted by molar-refractivity contribution is -0.116. The summed E-state index contributed by atoms with van der Waals surface area (Å²) in [6.07, 6.45) is 3.65. The van der Waals surface area contributed by atoms with E-state index in [0.29, 0.717) is 17.3 Å². The number of rotatable bonds is 5. The molecule has 0 radical (unpaired) electrons. The van der Waals surface area contributed by atoms with Crippen LogP contribution in [0.4, 0.5) is 10.1 Å². The minimum Gasteiger partial charge on any atom is -0.421 e. The molecule has 0 fully saturated rings. The van der Waals surface area contributed by atoms with Gasteiger partial charge in [0.2, 0.25) is 17.7 Å². The number of benzene rings is 1. The van der Waals surface area contributed by atoms with Gasteiger partial charge in [0.15, 0.2) is 0 Å². The highest BCUT2D eigenvalue weighted by molar-refractivity contribution is 5.90. The number of aromatic nitrogens is 3. The Morgan fingerprint density at radius 3 is 2.83 bits per heavy atom. The van der Waals surface area contributed by atoms with Crippen molar-refractivity contribution >= 4 is 11.6 Å². The van der Waals surface area contributed by atoms with Crippen molar-refractivity contribution in [3.05, 3.63) is 60.5 Å². The van der Waals surface area contributed by atoms with Crippen LogP contribution < -0.4 is 5.32 Å². The van der Waals surface area contributed by atoms with Crippen molar-refractivity contribution in [3.63, 3.8) is 0 Å². The van der Waals surface area contributed by atoms with Gasteiger partial charge in [0.1, 0.15) is 5.82 Å². The molecule has 0 atom stereocenters. The zero-order chi connectivity index (χ0) is 16.1. The average molecular weight is 312 g/mol. The first-order valence-corrected chi connectivity index (χ1v) is 6.99. The number of carbonyl (C=O) groups excluding carboxylic acids is 1. The van der Waals surface area contributed by atoms with E-state index in [1.165, 1.54) is 12.1 Å². The normalized spacial score (nSPS) is 10.5. The Kier molecular flexibility index (Phi) is 4.37. The molecule has 2 heterocycles. The topological polar surface area (TPSA) is 80.9 Å². The molecule has 23 heavy (non-hydrogen) atoms. The fourth-order valence-corrected chi connectivity index (χ4v) is 1.96. The number of aryl methyl sites for hydroxylation is 1. The molecule has 0 spiro atoms. The van der Waals surface area contributed by atoms with Crippen LogP contribution in [0.5, 0.6) is 0 Å². The van der Waals surface area contributed by atoms with Gasteiger partial charge in [-0.15, -0.1) is 10.2 Å². The van der Waals surface area contributed by atoms with Crippen LogP contribution in [0.25, 0.3) is 11.5 Å². The molecule has 0 aliphatic rings. The van der Waals surface area contributed by atoms with E-state index in [1.54, 1.807) is 36.7 Å². The molecule has 1 amide bonds. The minimum absolute atomic E-state index is 0.114. The van der Waals surface area contributed by atoms with E-state index in [4.69, 9.17) is 4.42 Å². The second-order valence-corrected chi connectivity index (χ2v) is 4.77. The first-order valence-electron chi connectivity index (χ1n) is 6.99. The van der Waals surface area contributed by atoms with Crippen molar-refractivity contribution < 1.29 is 13.6 Å². The van der Waals surface area contributed by atoms with Crippen molar-refractivity contribution in [1.82, 2.24) is 15.2 Å². The Morgan fingerprint density at radius 1 is 1.17 bits per heavy atom. The van der Waals surface area contributed by atoms with E-state index in [2.05, 4.69) is 20.5 Å². The summed E-state index contributed by atoms with van der Waals surface area (Å²) < 4.78 is 18.9. The lowest BCUT2D eigenvalue weighted by Gasteiger charge is -2.04. The van der Waals surface area contributed by atoms with Crippen LogP contribution in [0.2, 0.25) is 0 Å². The molecule has 1 aromatic carbocycles. The highest BCUT2D eigenvalue weighted by Gasteiger charge is 2.11. The Morgan fingerprint density at radius 2 is 2.04 bits per heavy atom. The van der Waals surface area contributed by atoms with Crippen LogP contribution >= 0.6 is 0 Å². The van der Waals surface area contributed by atoms with Crippen LogP contribution in [-0.4, -0.2) is 21.1 Å². The quantitative estimate of drug-likeness (QED) is 0.783. The zero-order valence-corrected chi connectivity index (χ0v) is 12.1. The van der Waals surface area contributed by atoms with Gasteiger partial charge in [-0.2, -0.15) is 0 Å². The molecule has 3 aromatic rings. The second-order valence-electron chi connectivity index (χ2n) is 4.77. The van der Waals surface area contributed by atoms with E-state index in [1.807, 2.05) is 0 Å². The number of nitrogens with zero attached hydrogens (tertiary/aromatic N) is 3. The first-order chi connectivity index (χ1) is 11.2. The largest absolute Gasteiger partial charge is 0.421 e. The Hall–Kier alpha value is -3.09. The van der Waals surface area contributed by atoms with E-state index >= 15 is 0 Å². The highest BCUT2D eigenvalue weighted by atomic mass is 19.1. The van der Waals surface area contributed by atoms with Crippen molar-refractivity contribution in [1.29, 1.82) is 0 Å². The van der Waals surface area contributed by atoms with Gasteiger partial charge in [0.25, 0.3) is 0 Å². The van der Waals surface area contributed by atoms with Gasteiger partial charge in [-0.3, -0.25) is 9.78 Å². The van der Waals surface area contributed by atoms with E-state index in [-0.39, 0.29) is 24.4 Å². The molecule has 7 heteroatoms. The number of para-hydroxylation sites is 1. The van der Waals surface area contributed by atoms with Crippen molar-refractivity contribution in [2.75, 3.05) is 5.32 Å². The molecular weight excluding hydrogens is 299 g/mol. The first kappa shape index (κ1) is 14.8. The van der Waals surface area contributed by atoms with Gasteiger partial charge in [-0.25, -0.2) is 4.39 Å². The summed E-state index contributed by atoms with van der Waals surface area (Å²) in [6, 6.07) is 9.56. The zero-order valence-electron chi connectivity index (χ0n) is 12.1. The minimum atomic E-state index is -0.475. The maximum Gasteiger partial charge on any atom is 0.249 e. The predicted molar refractivity (Wildman–Crippen MR) is 80.9 cm³/mol. The fraction of sp³-hybridized carbons (Fsp3) is 0.125. The van der Waals surface area contributed by atoms with Gasteiger partial charge >= 0.3 is 0 Å². The molecule has 116 valence electrons. The Balaban J connectivity index is 1.58. The van der Waals surface area contributed by atoms with Crippen molar-refractivity contribution in [2.24, 2.45) is 0 Å². The van der Waals surface area contributed by atoms with Crippen LogP contribution in [0, 0.1) is 5.82 Å². The molecule has 3 rings (SSSR count). The lowest BCUT2D eigenvalue weighted by Crippen LogP contribution is -2.13. The van der Waals surface area contributed by atoms with Gasteiger partial charge in [-0.05, 0) is 24.3 Å². The van der Waals surface area contributed by atoms with Crippen LogP contribution in [0.15, 0.2) is 53.2 Å². The van der Waals surface area contributed by atoms with Gasteiger partial charge < -0.3 is 9.73 Å².